The van der Waals surface area contributed by atoms with Crippen LogP contribution in [0.4, 0.5) is 0 Å². The zero-order chi connectivity index (χ0) is 27.2. The maximum Gasteiger partial charge on any atom is 0.257 e. The zero-order valence-corrected chi connectivity index (χ0v) is 21.1. The smallest absolute Gasteiger partial charge is 0.257 e. The summed E-state index contributed by atoms with van der Waals surface area (Å²) in [7, 11) is 0. The van der Waals surface area contributed by atoms with Crippen molar-refractivity contribution in [3.8, 4) is 0 Å². The maximum atomic E-state index is 14.0. The largest absolute Gasteiger partial charge is 0.396 e. The molecule has 0 radical (unpaired) electrons. The second-order valence-corrected chi connectivity index (χ2v) is 10.0. The van der Waals surface area contributed by atoms with E-state index in [1.807, 2.05) is 0 Å². The summed E-state index contributed by atoms with van der Waals surface area (Å²) in [6.45, 7) is 2.13. The molecule has 0 aliphatic carbocycles. The van der Waals surface area contributed by atoms with Crippen molar-refractivity contribution in [1.29, 1.82) is 0 Å². The van der Waals surface area contributed by atoms with Gasteiger partial charge < -0.3 is 14.9 Å². The molecule has 0 unspecified atom stereocenters. The number of carbonyl (C=O) groups excluding carboxylic acids is 1. The van der Waals surface area contributed by atoms with Gasteiger partial charge in [-0.25, -0.2) is 0 Å². The number of aliphatic hydroxyl groups is 2. The van der Waals surface area contributed by atoms with E-state index in [-0.39, 0.29) is 19.1 Å². The summed E-state index contributed by atoms with van der Waals surface area (Å²) in [6.07, 6.45) is 1.49. The molecular formula is C27H28Cl2N2O4. The van der Waals surface area contributed by atoms with Crippen molar-refractivity contribution in [3.05, 3.63) is 98.8 Å². The van der Waals surface area contributed by atoms with Crippen molar-refractivity contribution >= 4 is 29.1 Å². The fourth-order valence-corrected chi connectivity index (χ4v) is 4.42. The van der Waals surface area contributed by atoms with Crippen LogP contribution >= 0.6 is 23.2 Å². The molecule has 1 aliphatic rings. The fourth-order valence-electron chi connectivity index (χ4n) is 4.19. The molecule has 1 amide bonds. The van der Waals surface area contributed by atoms with Crippen LogP contribution in [0.3, 0.4) is 0 Å². The van der Waals surface area contributed by atoms with Crippen LogP contribution in [-0.4, -0.2) is 39.2 Å². The Hall–Kier alpha value is -2.48. The Morgan fingerprint density at radius 1 is 1.14 bits per heavy atom. The van der Waals surface area contributed by atoms with Crippen molar-refractivity contribution in [2.24, 2.45) is 5.92 Å². The highest BCUT2D eigenvalue weighted by Gasteiger charge is 2.52. The van der Waals surface area contributed by atoms with Gasteiger partial charge in [-0.2, -0.15) is 0 Å². The molecule has 1 aliphatic heterocycles. The Kier molecular flexibility index (Phi) is 6.48. The van der Waals surface area contributed by atoms with Gasteiger partial charge in [0.2, 0.25) is 0 Å². The Labute approximate surface area is 217 Å². The number of amides is 1. The van der Waals surface area contributed by atoms with Crippen molar-refractivity contribution < 1.29 is 22.5 Å². The summed E-state index contributed by atoms with van der Waals surface area (Å²) in [4.78, 5) is 19.9. The van der Waals surface area contributed by atoms with Crippen LogP contribution in [0.15, 0.2) is 60.8 Å². The number of aromatic nitrogens is 1. The average Bonchev–Trinajstić information content (AvgIpc) is 3.06. The first-order valence-electron chi connectivity index (χ1n) is 12.2. The van der Waals surface area contributed by atoms with E-state index in [1.165, 1.54) is 18.0 Å². The van der Waals surface area contributed by atoms with Crippen molar-refractivity contribution in [2.75, 3.05) is 13.2 Å². The van der Waals surface area contributed by atoms with Gasteiger partial charge in [-0.1, -0.05) is 54.4 Å². The van der Waals surface area contributed by atoms with E-state index in [2.05, 4.69) is 4.98 Å². The van der Waals surface area contributed by atoms with Crippen molar-refractivity contribution in [2.45, 2.75) is 38.6 Å². The lowest BCUT2D eigenvalue weighted by molar-refractivity contribution is -0.123. The highest BCUT2D eigenvalue weighted by molar-refractivity contribution is 6.30. The SMILES string of the molecule is [2H]C([2H])(O)[C@@H](C)CO[C@]1(c2ccc(Cl)cc2)c2ccc(C(C)(C)O)cc2C(=O)N1Cc1ccc(Cl)cn1. The van der Waals surface area contributed by atoms with Crippen molar-refractivity contribution in [3.63, 3.8) is 0 Å². The minimum atomic E-state index is -2.50. The molecule has 2 heterocycles. The fraction of sp³-hybridized carbons (Fsp3) is 0.333. The third-order valence-corrected chi connectivity index (χ3v) is 6.53. The summed E-state index contributed by atoms with van der Waals surface area (Å²) in [6, 6.07) is 15.4. The van der Waals surface area contributed by atoms with Gasteiger partial charge in [-0.15, -0.1) is 0 Å². The molecular weight excluding hydrogens is 487 g/mol. The molecule has 184 valence electrons. The van der Waals surface area contributed by atoms with E-state index >= 15 is 0 Å². The van der Waals surface area contributed by atoms with Crippen LogP contribution in [0.5, 0.6) is 0 Å². The Bertz CT molecular complexity index is 1290. The molecule has 2 aromatic carbocycles. The number of fused-ring (bicyclic) bond motifs is 1. The molecule has 0 saturated heterocycles. The standard InChI is InChI=1S/C27H28Cl2N2O4/c1-17(15-32)16-35-27(18-4-7-20(28)8-5-18)24-11-6-19(26(2,3)34)12-23(24)25(33)31(27)14-22-10-9-21(29)13-30-22/h4-13,17,32,34H,14-16H2,1-3H3/t17-,27-/m1/s1/i15D2. The first-order valence-corrected chi connectivity index (χ1v) is 11.9. The second-order valence-electron chi connectivity index (χ2n) is 9.17. The first-order chi connectivity index (χ1) is 17.2. The molecule has 8 heteroatoms. The summed E-state index contributed by atoms with van der Waals surface area (Å²) in [5.41, 5.74) is -0.131. The van der Waals surface area contributed by atoms with Gasteiger partial charge in [-0.05, 0) is 49.7 Å². The molecule has 1 aromatic heterocycles. The molecule has 2 atom stereocenters. The van der Waals surface area contributed by atoms with E-state index in [9.17, 15) is 15.0 Å². The summed E-state index contributed by atoms with van der Waals surface area (Å²) in [5.74, 6) is -1.27. The van der Waals surface area contributed by atoms with Crippen LogP contribution in [0.2, 0.25) is 10.0 Å². The number of nitrogens with zero attached hydrogens (tertiary/aromatic N) is 2. The highest BCUT2D eigenvalue weighted by Crippen LogP contribution is 2.47. The Balaban J connectivity index is 1.93. The molecule has 4 rings (SSSR count). The van der Waals surface area contributed by atoms with Gasteiger partial charge in [-0.3, -0.25) is 14.7 Å². The predicted octanol–water partition coefficient (Wildman–Crippen LogP) is 5.12. The van der Waals surface area contributed by atoms with Crippen LogP contribution in [-0.2, 0) is 22.6 Å². The van der Waals surface area contributed by atoms with Gasteiger partial charge in [0.15, 0.2) is 5.72 Å². The number of carbonyl (C=O) groups is 1. The number of ether oxygens (including phenoxy) is 1. The molecule has 0 fully saturated rings. The van der Waals surface area contributed by atoms with Crippen LogP contribution in [0, 0.1) is 5.92 Å². The van der Waals surface area contributed by atoms with E-state index < -0.39 is 23.8 Å². The molecule has 2 N–H and O–H groups in total. The third-order valence-electron chi connectivity index (χ3n) is 6.05. The van der Waals surface area contributed by atoms with Crippen LogP contribution < -0.4 is 0 Å². The zero-order valence-electron chi connectivity index (χ0n) is 21.6. The minimum Gasteiger partial charge on any atom is -0.396 e. The van der Waals surface area contributed by atoms with Gasteiger partial charge in [0.05, 0.1) is 32.2 Å². The van der Waals surface area contributed by atoms with Crippen LogP contribution in [0.25, 0.3) is 0 Å². The number of pyridine rings is 1. The Morgan fingerprint density at radius 3 is 2.43 bits per heavy atom. The van der Waals surface area contributed by atoms with E-state index in [4.69, 9.17) is 30.7 Å². The van der Waals surface area contributed by atoms with Gasteiger partial charge >= 0.3 is 0 Å². The predicted molar refractivity (Wildman–Crippen MR) is 135 cm³/mol. The van der Waals surface area contributed by atoms with Gasteiger partial charge in [0, 0.05) is 40.4 Å². The molecule has 6 nitrogen and oxygen atoms in total. The summed E-state index contributed by atoms with van der Waals surface area (Å²) in [5, 5.41) is 21.5. The average molecular weight is 517 g/mol. The minimum absolute atomic E-state index is 0.0472. The lowest BCUT2D eigenvalue weighted by Crippen LogP contribution is -2.47. The third kappa shape index (κ3) is 4.95. The molecule has 35 heavy (non-hydrogen) atoms. The molecule has 0 spiro atoms. The molecule has 0 bridgehead atoms. The monoisotopic (exact) mass is 516 g/mol. The summed E-state index contributed by atoms with van der Waals surface area (Å²) >= 11 is 12.2. The lowest BCUT2D eigenvalue weighted by atomic mass is 9.89. The van der Waals surface area contributed by atoms with Gasteiger partial charge in [0.1, 0.15) is 0 Å². The van der Waals surface area contributed by atoms with E-state index in [0.29, 0.717) is 38.0 Å². The van der Waals surface area contributed by atoms with E-state index in [0.717, 1.165) is 0 Å². The highest BCUT2D eigenvalue weighted by atomic mass is 35.5. The number of benzene rings is 2. The quantitative estimate of drug-likeness (QED) is 0.434. The number of hydrogen-bond donors (Lipinski definition) is 2. The topological polar surface area (TPSA) is 82.9 Å². The van der Waals surface area contributed by atoms with E-state index in [1.54, 1.807) is 68.4 Å². The van der Waals surface area contributed by atoms with Crippen LogP contribution in [0.1, 0.15) is 56.3 Å². The van der Waals surface area contributed by atoms with Gasteiger partial charge in [0.25, 0.3) is 5.91 Å². The van der Waals surface area contributed by atoms with Crippen molar-refractivity contribution in [1.82, 2.24) is 9.88 Å². The number of hydrogen-bond acceptors (Lipinski definition) is 5. The number of rotatable bonds is 8. The lowest BCUT2D eigenvalue weighted by Gasteiger charge is -2.40. The number of halogens is 2. The maximum absolute atomic E-state index is 14.0. The second kappa shape index (κ2) is 9.88. The molecule has 0 saturated carbocycles. The first kappa shape index (κ1) is 23.0. The summed E-state index contributed by atoms with van der Waals surface area (Å²) < 4.78 is 21.9. The normalized spacial score (nSPS) is 19.9. The Morgan fingerprint density at radius 2 is 1.83 bits per heavy atom. The molecule has 3 aromatic rings.